The number of aryl methyl sites for hydroxylation is 1. The summed E-state index contributed by atoms with van der Waals surface area (Å²) in [6, 6.07) is 7.86. The predicted octanol–water partition coefficient (Wildman–Crippen LogP) is 2.54. The first-order valence-corrected chi connectivity index (χ1v) is 5.61. The molecule has 0 saturated carbocycles. The molecule has 1 aliphatic heterocycles. The Balaban J connectivity index is 2.15. The Bertz CT molecular complexity index is 311. The van der Waals surface area contributed by atoms with Gasteiger partial charge in [0, 0.05) is 23.0 Å². The lowest BCUT2D eigenvalue weighted by molar-refractivity contribution is 0.0939. The zero-order valence-electron chi connectivity index (χ0n) is 7.62. The van der Waals surface area contributed by atoms with Crippen LogP contribution in [-0.4, -0.2) is 17.3 Å². The molecule has 0 aliphatic carbocycles. The van der Waals surface area contributed by atoms with E-state index in [9.17, 15) is 4.79 Å². The number of ketones is 1. The molecule has 0 atom stereocenters. The zero-order valence-corrected chi connectivity index (χ0v) is 8.43. The van der Waals surface area contributed by atoms with Crippen LogP contribution in [0.4, 0.5) is 0 Å². The molecule has 1 heterocycles. The standard InChI is InChI=1S/C11H12OS/c1-8-2-4-9(5-3-8)11(12)10-6-13-7-10/h2-5,10H,6-7H2,1H3. The van der Waals surface area contributed by atoms with Crippen molar-refractivity contribution in [1.82, 2.24) is 0 Å². The molecule has 2 heteroatoms. The summed E-state index contributed by atoms with van der Waals surface area (Å²) in [5.74, 6) is 2.62. The molecular weight excluding hydrogens is 180 g/mol. The predicted molar refractivity (Wildman–Crippen MR) is 56.3 cm³/mol. The van der Waals surface area contributed by atoms with E-state index in [0.29, 0.717) is 5.78 Å². The fraction of sp³-hybridized carbons (Fsp3) is 0.364. The van der Waals surface area contributed by atoms with Crippen molar-refractivity contribution in [3.8, 4) is 0 Å². The summed E-state index contributed by atoms with van der Waals surface area (Å²) in [6.07, 6.45) is 0. The van der Waals surface area contributed by atoms with Gasteiger partial charge >= 0.3 is 0 Å². The van der Waals surface area contributed by atoms with Gasteiger partial charge in [0.15, 0.2) is 5.78 Å². The van der Waals surface area contributed by atoms with Gasteiger partial charge in [0.2, 0.25) is 0 Å². The van der Waals surface area contributed by atoms with Gasteiger partial charge in [-0.2, -0.15) is 11.8 Å². The Labute approximate surface area is 82.5 Å². The van der Waals surface area contributed by atoms with E-state index in [1.807, 2.05) is 43.0 Å². The van der Waals surface area contributed by atoms with Gasteiger partial charge in [-0.3, -0.25) is 4.79 Å². The van der Waals surface area contributed by atoms with Gasteiger partial charge in [0.25, 0.3) is 0 Å². The molecule has 0 amide bonds. The third-order valence-corrected chi connectivity index (χ3v) is 3.62. The third-order valence-electron chi connectivity index (χ3n) is 2.34. The number of rotatable bonds is 2. The number of carbonyl (C=O) groups excluding carboxylic acids is 1. The quantitative estimate of drug-likeness (QED) is 0.670. The summed E-state index contributed by atoms with van der Waals surface area (Å²) in [4.78, 5) is 11.7. The minimum Gasteiger partial charge on any atom is -0.294 e. The van der Waals surface area contributed by atoms with Crippen LogP contribution in [0.1, 0.15) is 15.9 Å². The van der Waals surface area contributed by atoms with Gasteiger partial charge in [-0.25, -0.2) is 0 Å². The average Bonchev–Trinajstić information content (AvgIpc) is 2.02. The van der Waals surface area contributed by atoms with Crippen molar-refractivity contribution >= 4 is 17.5 Å². The Hall–Kier alpha value is -0.760. The summed E-state index contributed by atoms with van der Waals surface area (Å²) in [7, 11) is 0. The van der Waals surface area contributed by atoms with Crippen molar-refractivity contribution < 1.29 is 4.79 Å². The average molecular weight is 192 g/mol. The summed E-state index contributed by atoms with van der Waals surface area (Å²) in [5, 5.41) is 0. The smallest absolute Gasteiger partial charge is 0.167 e. The molecule has 1 nitrogen and oxygen atoms in total. The van der Waals surface area contributed by atoms with Crippen molar-refractivity contribution in [2.45, 2.75) is 6.92 Å². The van der Waals surface area contributed by atoms with Crippen molar-refractivity contribution in [3.63, 3.8) is 0 Å². The Morgan fingerprint density at radius 1 is 1.31 bits per heavy atom. The summed E-state index contributed by atoms with van der Waals surface area (Å²) in [6.45, 7) is 2.04. The molecule has 13 heavy (non-hydrogen) atoms. The van der Waals surface area contributed by atoms with Crippen LogP contribution in [0.15, 0.2) is 24.3 Å². The van der Waals surface area contributed by atoms with Crippen LogP contribution >= 0.6 is 11.8 Å². The van der Waals surface area contributed by atoms with Crippen LogP contribution < -0.4 is 0 Å². The first kappa shape index (κ1) is 8.82. The molecule has 0 unspecified atom stereocenters. The molecular formula is C11H12OS. The maximum atomic E-state index is 11.7. The zero-order chi connectivity index (χ0) is 9.26. The molecule has 2 rings (SSSR count). The number of hydrogen-bond donors (Lipinski definition) is 0. The van der Waals surface area contributed by atoms with Crippen molar-refractivity contribution in [2.75, 3.05) is 11.5 Å². The van der Waals surface area contributed by atoms with Crippen molar-refractivity contribution in [2.24, 2.45) is 5.92 Å². The van der Waals surface area contributed by atoms with Crippen molar-refractivity contribution in [1.29, 1.82) is 0 Å². The molecule has 1 saturated heterocycles. The highest BCUT2D eigenvalue weighted by molar-refractivity contribution is 8.00. The molecule has 0 aromatic heterocycles. The minimum atomic E-state index is 0.285. The molecule has 0 N–H and O–H groups in total. The Kier molecular flexibility index (Phi) is 2.40. The monoisotopic (exact) mass is 192 g/mol. The number of benzene rings is 1. The molecule has 1 aliphatic rings. The third kappa shape index (κ3) is 1.78. The summed E-state index contributed by atoms with van der Waals surface area (Å²) < 4.78 is 0. The van der Waals surface area contributed by atoms with Gasteiger partial charge in [0.05, 0.1) is 0 Å². The van der Waals surface area contributed by atoms with E-state index in [2.05, 4.69) is 0 Å². The van der Waals surface area contributed by atoms with E-state index in [-0.39, 0.29) is 5.92 Å². The molecule has 0 radical (unpaired) electrons. The van der Waals surface area contributed by atoms with Crippen LogP contribution in [0.3, 0.4) is 0 Å². The lowest BCUT2D eigenvalue weighted by Crippen LogP contribution is -2.27. The largest absolute Gasteiger partial charge is 0.294 e. The van der Waals surface area contributed by atoms with E-state index >= 15 is 0 Å². The number of carbonyl (C=O) groups is 1. The summed E-state index contributed by atoms with van der Waals surface area (Å²) >= 11 is 1.85. The van der Waals surface area contributed by atoms with Crippen molar-refractivity contribution in [3.05, 3.63) is 35.4 Å². The van der Waals surface area contributed by atoms with Gasteiger partial charge in [-0.1, -0.05) is 29.8 Å². The lowest BCUT2D eigenvalue weighted by Gasteiger charge is -2.23. The second-order valence-electron chi connectivity index (χ2n) is 3.46. The van der Waals surface area contributed by atoms with Crippen LogP contribution in [-0.2, 0) is 0 Å². The molecule has 1 fully saturated rings. The van der Waals surface area contributed by atoms with Crippen LogP contribution in [0.5, 0.6) is 0 Å². The highest BCUT2D eigenvalue weighted by Crippen LogP contribution is 2.27. The van der Waals surface area contributed by atoms with Crippen LogP contribution in [0.25, 0.3) is 0 Å². The number of hydrogen-bond acceptors (Lipinski definition) is 2. The molecule has 1 aromatic rings. The Morgan fingerprint density at radius 2 is 1.92 bits per heavy atom. The van der Waals surface area contributed by atoms with Gasteiger partial charge in [-0.05, 0) is 6.92 Å². The second kappa shape index (κ2) is 3.54. The molecule has 68 valence electrons. The van der Waals surface area contributed by atoms with E-state index in [1.54, 1.807) is 0 Å². The SMILES string of the molecule is Cc1ccc(C(=O)C2CSC2)cc1. The van der Waals surface area contributed by atoms with Crippen LogP contribution in [0.2, 0.25) is 0 Å². The van der Waals surface area contributed by atoms with Gasteiger partial charge < -0.3 is 0 Å². The number of Topliss-reactive ketones (excluding diaryl/α,β-unsaturated/α-hetero) is 1. The van der Waals surface area contributed by atoms with E-state index < -0.39 is 0 Å². The minimum absolute atomic E-state index is 0.285. The summed E-state index contributed by atoms with van der Waals surface area (Å²) in [5.41, 5.74) is 2.08. The maximum absolute atomic E-state index is 11.7. The fourth-order valence-electron chi connectivity index (χ4n) is 1.34. The first-order valence-electron chi connectivity index (χ1n) is 4.46. The van der Waals surface area contributed by atoms with Gasteiger partial charge in [-0.15, -0.1) is 0 Å². The van der Waals surface area contributed by atoms with Crippen LogP contribution in [0, 0.1) is 12.8 Å². The Morgan fingerprint density at radius 3 is 2.38 bits per heavy atom. The highest BCUT2D eigenvalue weighted by atomic mass is 32.2. The fourth-order valence-corrected chi connectivity index (χ4v) is 2.11. The second-order valence-corrected chi connectivity index (χ2v) is 4.54. The first-order chi connectivity index (χ1) is 6.27. The van der Waals surface area contributed by atoms with E-state index in [4.69, 9.17) is 0 Å². The molecule has 1 aromatic carbocycles. The lowest BCUT2D eigenvalue weighted by atomic mass is 9.99. The van der Waals surface area contributed by atoms with E-state index in [1.165, 1.54) is 5.56 Å². The normalized spacial score (nSPS) is 16.7. The highest BCUT2D eigenvalue weighted by Gasteiger charge is 2.26. The topological polar surface area (TPSA) is 17.1 Å². The maximum Gasteiger partial charge on any atom is 0.167 e. The molecule has 0 bridgehead atoms. The number of thioether (sulfide) groups is 1. The van der Waals surface area contributed by atoms with E-state index in [0.717, 1.165) is 17.1 Å². The van der Waals surface area contributed by atoms with Gasteiger partial charge in [0.1, 0.15) is 0 Å². The molecule has 0 spiro atoms.